The molecule has 2 unspecified atom stereocenters. The van der Waals surface area contributed by atoms with Crippen molar-refractivity contribution in [1.29, 1.82) is 0 Å². The van der Waals surface area contributed by atoms with Crippen LogP contribution in [-0.2, 0) is 4.74 Å². The Morgan fingerprint density at radius 2 is 2.25 bits per heavy atom. The van der Waals surface area contributed by atoms with Crippen molar-refractivity contribution in [3.63, 3.8) is 0 Å². The maximum atomic E-state index is 10.7. The third-order valence-electron chi connectivity index (χ3n) is 2.20. The first-order valence-corrected chi connectivity index (χ1v) is 3.83. The van der Waals surface area contributed by atoms with E-state index in [9.17, 15) is 15.0 Å². The molecule has 1 fully saturated rings. The van der Waals surface area contributed by atoms with Gasteiger partial charge in [-0.1, -0.05) is 6.92 Å². The summed E-state index contributed by atoms with van der Waals surface area (Å²) in [5, 5.41) is 20.7. The maximum absolute atomic E-state index is 10.7. The Balaban J connectivity index is 2.42. The minimum Gasteiger partial charge on any atom is -0.453 e. The van der Waals surface area contributed by atoms with Gasteiger partial charge in [0.25, 0.3) is 0 Å². The van der Waals surface area contributed by atoms with Crippen LogP contribution in [0.15, 0.2) is 0 Å². The molecular formula is C7H13NO4. The Bertz CT molecular complexity index is 192. The highest BCUT2D eigenvalue weighted by Gasteiger charge is 2.63. The highest BCUT2D eigenvalue weighted by molar-refractivity contribution is 5.68. The predicted octanol–water partition coefficient (Wildman–Crippen LogP) is -0.568. The van der Waals surface area contributed by atoms with Gasteiger partial charge >= 0.3 is 6.09 Å². The summed E-state index contributed by atoms with van der Waals surface area (Å²) in [7, 11) is 1.23. The van der Waals surface area contributed by atoms with Gasteiger partial charge < -0.3 is 20.3 Å². The predicted molar refractivity (Wildman–Crippen MR) is 40.3 cm³/mol. The SMILES string of the molecule is CCC1C(NC(=O)OC)C1(O)O. The molecule has 1 rings (SSSR count). The van der Waals surface area contributed by atoms with Crippen molar-refractivity contribution in [2.75, 3.05) is 7.11 Å². The Kier molecular flexibility index (Phi) is 2.25. The van der Waals surface area contributed by atoms with Crippen LogP contribution >= 0.6 is 0 Å². The molecule has 1 amide bonds. The third kappa shape index (κ3) is 1.37. The molecule has 0 aromatic carbocycles. The van der Waals surface area contributed by atoms with Crippen LogP contribution in [0.5, 0.6) is 0 Å². The highest BCUT2D eigenvalue weighted by Crippen LogP contribution is 2.43. The number of hydrogen-bond acceptors (Lipinski definition) is 4. The van der Waals surface area contributed by atoms with E-state index in [2.05, 4.69) is 10.1 Å². The zero-order valence-corrected chi connectivity index (χ0v) is 7.07. The van der Waals surface area contributed by atoms with Gasteiger partial charge in [-0.2, -0.15) is 0 Å². The molecule has 0 saturated heterocycles. The summed E-state index contributed by atoms with van der Waals surface area (Å²) in [5.74, 6) is -2.03. The second-order valence-electron chi connectivity index (χ2n) is 2.91. The third-order valence-corrected chi connectivity index (χ3v) is 2.20. The van der Waals surface area contributed by atoms with E-state index in [1.165, 1.54) is 7.11 Å². The monoisotopic (exact) mass is 175 g/mol. The molecule has 12 heavy (non-hydrogen) atoms. The number of ether oxygens (including phenoxy) is 1. The summed E-state index contributed by atoms with van der Waals surface area (Å²) in [4.78, 5) is 10.7. The van der Waals surface area contributed by atoms with E-state index in [0.29, 0.717) is 6.42 Å². The molecule has 2 atom stereocenters. The summed E-state index contributed by atoms with van der Waals surface area (Å²) in [6, 6.07) is -0.588. The van der Waals surface area contributed by atoms with E-state index >= 15 is 0 Å². The highest BCUT2D eigenvalue weighted by atomic mass is 16.5. The fourth-order valence-corrected chi connectivity index (χ4v) is 1.36. The van der Waals surface area contributed by atoms with Gasteiger partial charge in [-0.05, 0) is 6.42 Å². The molecule has 3 N–H and O–H groups in total. The smallest absolute Gasteiger partial charge is 0.407 e. The van der Waals surface area contributed by atoms with Crippen LogP contribution in [0.2, 0.25) is 0 Å². The van der Waals surface area contributed by atoms with Crippen molar-refractivity contribution in [2.45, 2.75) is 25.2 Å². The Morgan fingerprint density at radius 1 is 1.67 bits per heavy atom. The number of carbonyl (C=O) groups is 1. The van der Waals surface area contributed by atoms with Crippen molar-refractivity contribution in [1.82, 2.24) is 5.32 Å². The first-order valence-electron chi connectivity index (χ1n) is 3.83. The molecule has 0 radical (unpaired) electrons. The summed E-state index contributed by atoms with van der Waals surface area (Å²) in [6.07, 6.45) is -0.0230. The van der Waals surface area contributed by atoms with E-state index in [1.54, 1.807) is 0 Å². The second-order valence-corrected chi connectivity index (χ2v) is 2.91. The summed E-state index contributed by atoms with van der Waals surface area (Å²) in [6.45, 7) is 1.82. The Labute approximate surface area is 70.3 Å². The van der Waals surface area contributed by atoms with Crippen molar-refractivity contribution in [3.05, 3.63) is 0 Å². The second kappa shape index (κ2) is 2.91. The van der Waals surface area contributed by atoms with Gasteiger partial charge in [-0.15, -0.1) is 0 Å². The van der Waals surface area contributed by atoms with E-state index < -0.39 is 17.9 Å². The quantitative estimate of drug-likeness (QED) is 0.491. The lowest BCUT2D eigenvalue weighted by atomic mass is 10.3. The lowest BCUT2D eigenvalue weighted by Crippen LogP contribution is -2.31. The van der Waals surface area contributed by atoms with Crippen LogP contribution in [0.1, 0.15) is 13.3 Å². The van der Waals surface area contributed by atoms with Gasteiger partial charge in [0.05, 0.1) is 13.2 Å². The molecule has 0 aromatic heterocycles. The minimum absolute atomic E-state index is 0.281. The van der Waals surface area contributed by atoms with Crippen LogP contribution in [0.25, 0.3) is 0 Å². The molecule has 1 saturated carbocycles. The molecule has 0 aliphatic heterocycles. The summed E-state index contributed by atoms with van der Waals surface area (Å²) in [5.41, 5.74) is 0. The average Bonchev–Trinajstić information content (AvgIpc) is 2.53. The number of nitrogens with one attached hydrogen (secondary N) is 1. The van der Waals surface area contributed by atoms with Crippen molar-refractivity contribution in [3.8, 4) is 0 Å². The number of amides is 1. The standard InChI is InChI=1S/C7H13NO4/c1-3-4-5(7(4,10)11)8-6(9)12-2/h4-5,10-11H,3H2,1-2H3,(H,8,9). The molecular weight excluding hydrogens is 162 g/mol. The van der Waals surface area contributed by atoms with Gasteiger partial charge in [0, 0.05) is 5.92 Å². The van der Waals surface area contributed by atoms with E-state index in [4.69, 9.17) is 0 Å². The van der Waals surface area contributed by atoms with Crippen LogP contribution in [0.3, 0.4) is 0 Å². The van der Waals surface area contributed by atoms with Gasteiger partial charge in [0.15, 0.2) is 5.79 Å². The molecule has 0 bridgehead atoms. The number of carbonyl (C=O) groups excluding carboxylic acids is 1. The first-order chi connectivity index (χ1) is 5.54. The van der Waals surface area contributed by atoms with Crippen molar-refractivity contribution >= 4 is 6.09 Å². The normalized spacial score (nSPS) is 31.0. The van der Waals surface area contributed by atoms with Crippen LogP contribution in [0, 0.1) is 5.92 Å². The topological polar surface area (TPSA) is 78.8 Å². The van der Waals surface area contributed by atoms with E-state index in [0.717, 1.165) is 0 Å². The van der Waals surface area contributed by atoms with Gasteiger partial charge in [0.1, 0.15) is 0 Å². The fourth-order valence-electron chi connectivity index (χ4n) is 1.36. The van der Waals surface area contributed by atoms with Gasteiger partial charge in [0.2, 0.25) is 0 Å². The molecule has 1 aliphatic carbocycles. The Morgan fingerprint density at radius 3 is 2.58 bits per heavy atom. The fraction of sp³-hybridized carbons (Fsp3) is 0.857. The van der Waals surface area contributed by atoms with Crippen LogP contribution in [-0.4, -0.2) is 35.2 Å². The van der Waals surface area contributed by atoms with Gasteiger partial charge in [-0.25, -0.2) is 4.79 Å². The zero-order valence-electron chi connectivity index (χ0n) is 7.07. The average molecular weight is 175 g/mol. The maximum Gasteiger partial charge on any atom is 0.407 e. The number of aliphatic hydroxyl groups is 2. The van der Waals surface area contributed by atoms with Crippen LogP contribution in [0.4, 0.5) is 4.79 Å². The largest absolute Gasteiger partial charge is 0.453 e. The summed E-state index contributed by atoms with van der Waals surface area (Å²) >= 11 is 0. The van der Waals surface area contributed by atoms with Crippen molar-refractivity contribution < 1.29 is 19.7 Å². The lowest BCUT2D eigenvalue weighted by Gasteiger charge is -2.02. The number of alkyl carbamates (subject to hydrolysis) is 1. The number of methoxy groups -OCH3 is 1. The minimum atomic E-state index is -1.75. The van der Waals surface area contributed by atoms with E-state index in [1.807, 2.05) is 6.92 Å². The molecule has 0 spiro atoms. The Hall–Kier alpha value is -0.810. The molecule has 5 nitrogen and oxygen atoms in total. The molecule has 0 heterocycles. The molecule has 5 heteroatoms. The number of rotatable bonds is 2. The van der Waals surface area contributed by atoms with Crippen molar-refractivity contribution in [2.24, 2.45) is 5.92 Å². The summed E-state index contributed by atoms with van der Waals surface area (Å²) < 4.78 is 4.31. The number of hydrogen-bond donors (Lipinski definition) is 3. The lowest BCUT2D eigenvalue weighted by molar-refractivity contribution is -0.0883. The molecule has 0 aromatic rings. The van der Waals surface area contributed by atoms with Crippen LogP contribution < -0.4 is 5.32 Å². The first kappa shape index (κ1) is 9.28. The van der Waals surface area contributed by atoms with E-state index in [-0.39, 0.29) is 5.92 Å². The van der Waals surface area contributed by atoms with Gasteiger partial charge in [-0.3, -0.25) is 0 Å². The molecule has 70 valence electrons. The zero-order chi connectivity index (χ0) is 9.35. The molecule has 1 aliphatic rings.